The Kier molecular flexibility index (Phi) is 6.68. The molecule has 1 rings (SSSR count). The van der Waals surface area contributed by atoms with Crippen LogP contribution in [0.5, 0.6) is 0 Å². The zero-order valence-electron chi connectivity index (χ0n) is 12.3. The summed E-state index contributed by atoms with van der Waals surface area (Å²) >= 11 is 5.87. The molecule has 1 aliphatic rings. The second-order valence-electron chi connectivity index (χ2n) is 4.51. The number of hydrogen-bond donors (Lipinski definition) is 0. The molecular formula is C14H19ClO6. The van der Waals surface area contributed by atoms with Gasteiger partial charge in [0.15, 0.2) is 5.92 Å². The van der Waals surface area contributed by atoms with Crippen LogP contribution in [0.1, 0.15) is 20.8 Å². The van der Waals surface area contributed by atoms with Gasteiger partial charge in [0, 0.05) is 5.88 Å². The van der Waals surface area contributed by atoms with Crippen molar-refractivity contribution in [3.8, 4) is 0 Å². The van der Waals surface area contributed by atoms with Gasteiger partial charge in [0.1, 0.15) is 12.5 Å². The van der Waals surface area contributed by atoms with Gasteiger partial charge in [0.25, 0.3) is 0 Å². The Morgan fingerprint density at radius 1 is 1.29 bits per heavy atom. The average Bonchev–Trinajstić information content (AvgIpc) is 2.43. The van der Waals surface area contributed by atoms with E-state index in [1.165, 1.54) is 0 Å². The van der Waals surface area contributed by atoms with Crippen molar-refractivity contribution in [2.75, 3.05) is 25.7 Å². The largest absolute Gasteiger partial charge is 0.465 e. The van der Waals surface area contributed by atoms with E-state index in [2.05, 4.69) is 0 Å². The second-order valence-corrected chi connectivity index (χ2v) is 4.77. The maximum atomic E-state index is 12.1. The number of rotatable bonds is 6. The molecule has 1 aliphatic heterocycles. The number of alkyl halides is 1. The molecular weight excluding hydrogens is 300 g/mol. The van der Waals surface area contributed by atoms with E-state index in [1.807, 2.05) is 0 Å². The monoisotopic (exact) mass is 318 g/mol. The number of hydrogen-bond acceptors (Lipinski definition) is 6. The third-order valence-electron chi connectivity index (χ3n) is 3.17. The van der Waals surface area contributed by atoms with Crippen LogP contribution in [0.25, 0.3) is 0 Å². The van der Waals surface area contributed by atoms with E-state index >= 15 is 0 Å². The van der Waals surface area contributed by atoms with Crippen molar-refractivity contribution in [1.82, 2.24) is 0 Å². The van der Waals surface area contributed by atoms with Crippen LogP contribution < -0.4 is 0 Å². The van der Waals surface area contributed by atoms with Gasteiger partial charge >= 0.3 is 17.9 Å². The predicted molar refractivity (Wildman–Crippen MR) is 74.6 cm³/mol. The zero-order chi connectivity index (χ0) is 16.0. The summed E-state index contributed by atoms with van der Waals surface area (Å²) in [5.74, 6) is -4.73. The van der Waals surface area contributed by atoms with Crippen LogP contribution in [0.4, 0.5) is 0 Å². The van der Waals surface area contributed by atoms with Gasteiger partial charge in [-0.2, -0.15) is 0 Å². The summed E-state index contributed by atoms with van der Waals surface area (Å²) in [5.41, 5.74) is 1.24. The van der Waals surface area contributed by atoms with Crippen LogP contribution in [0, 0.1) is 11.8 Å². The van der Waals surface area contributed by atoms with Crippen LogP contribution in [0.3, 0.4) is 0 Å². The van der Waals surface area contributed by atoms with E-state index in [0.717, 1.165) is 5.57 Å². The first-order valence-electron chi connectivity index (χ1n) is 6.72. The van der Waals surface area contributed by atoms with E-state index in [0.29, 0.717) is 5.57 Å². The van der Waals surface area contributed by atoms with Gasteiger partial charge in [-0.3, -0.25) is 14.4 Å². The van der Waals surface area contributed by atoms with Crippen LogP contribution in [-0.4, -0.2) is 43.6 Å². The Bertz CT molecular complexity index is 438. The molecule has 0 fully saturated rings. The summed E-state index contributed by atoms with van der Waals surface area (Å²) in [5, 5.41) is 0. The third-order valence-corrected chi connectivity index (χ3v) is 3.45. The first kappa shape index (κ1) is 17.5. The van der Waals surface area contributed by atoms with Gasteiger partial charge in [-0.05, 0) is 31.9 Å². The van der Waals surface area contributed by atoms with Crippen LogP contribution in [-0.2, 0) is 28.6 Å². The number of halogens is 1. The Hall–Kier alpha value is -1.56. The number of carbonyl (C=O) groups is 3. The SMILES string of the molecule is CCOC(=O)C(C(=O)OCC)C1C(=O)OCC(C)=C1CCl. The topological polar surface area (TPSA) is 78.9 Å². The molecule has 7 heteroatoms. The highest BCUT2D eigenvalue weighted by atomic mass is 35.5. The molecule has 0 N–H and O–H groups in total. The average molecular weight is 319 g/mol. The molecule has 6 nitrogen and oxygen atoms in total. The molecule has 0 saturated heterocycles. The van der Waals surface area contributed by atoms with Crippen molar-refractivity contribution in [2.24, 2.45) is 11.8 Å². The first-order valence-corrected chi connectivity index (χ1v) is 7.25. The van der Waals surface area contributed by atoms with Gasteiger partial charge in [-0.1, -0.05) is 0 Å². The molecule has 1 unspecified atom stereocenters. The maximum Gasteiger partial charge on any atom is 0.321 e. The molecule has 1 heterocycles. The summed E-state index contributed by atoms with van der Waals surface area (Å²) in [7, 11) is 0. The standard InChI is InChI=1S/C14H19ClO6/c1-4-19-13(17)11(14(18)20-5-2)10-9(6-15)8(3)7-21-12(10)16/h10-11H,4-7H2,1-3H3. The fourth-order valence-corrected chi connectivity index (χ4v) is 2.53. The van der Waals surface area contributed by atoms with Crippen molar-refractivity contribution in [3.63, 3.8) is 0 Å². The summed E-state index contributed by atoms with van der Waals surface area (Å²) < 4.78 is 14.8. The third kappa shape index (κ3) is 3.97. The fraction of sp³-hybridized carbons (Fsp3) is 0.643. The van der Waals surface area contributed by atoms with E-state index in [1.54, 1.807) is 20.8 Å². The molecule has 0 radical (unpaired) electrons. The highest BCUT2D eigenvalue weighted by Gasteiger charge is 2.46. The van der Waals surface area contributed by atoms with Crippen molar-refractivity contribution < 1.29 is 28.6 Å². The normalized spacial score (nSPS) is 18.5. The van der Waals surface area contributed by atoms with Gasteiger partial charge < -0.3 is 14.2 Å². The summed E-state index contributed by atoms with van der Waals surface area (Å²) in [6.07, 6.45) is 0. The molecule has 0 aromatic heterocycles. The number of cyclic esters (lactones) is 1. The maximum absolute atomic E-state index is 12.1. The lowest BCUT2D eigenvalue weighted by atomic mass is 9.83. The molecule has 0 amide bonds. The lowest BCUT2D eigenvalue weighted by Gasteiger charge is -2.29. The molecule has 0 aromatic rings. The van der Waals surface area contributed by atoms with Crippen molar-refractivity contribution >= 4 is 29.5 Å². The van der Waals surface area contributed by atoms with E-state index in [-0.39, 0.29) is 25.7 Å². The molecule has 0 bridgehead atoms. The molecule has 21 heavy (non-hydrogen) atoms. The van der Waals surface area contributed by atoms with Crippen molar-refractivity contribution in [2.45, 2.75) is 20.8 Å². The minimum Gasteiger partial charge on any atom is -0.465 e. The Morgan fingerprint density at radius 3 is 2.24 bits per heavy atom. The fourth-order valence-electron chi connectivity index (χ4n) is 2.14. The lowest BCUT2D eigenvalue weighted by molar-refractivity contribution is -0.170. The van der Waals surface area contributed by atoms with Crippen LogP contribution in [0.15, 0.2) is 11.1 Å². The van der Waals surface area contributed by atoms with Crippen LogP contribution >= 0.6 is 11.6 Å². The Labute approximate surface area is 128 Å². The number of carbonyl (C=O) groups excluding carboxylic acids is 3. The second kappa shape index (κ2) is 8.02. The minimum atomic E-state index is -1.39. The van der Waals surface area contributed by atoms with E-state index in [4.69, 9.17) is 25.8 Å². The van der Waals surface area contributed by atoms with E-state index < -0.39 is 29.7 Å². The van der Waals surface area contributed by atoms with Crippen molar-refractivity contribution in [3.05, 3.63) is 11.1 Å². The van der Waals surface area contributed by atoms with Gasteiger partial charge in [0.05, 0.1) is 13.2 Å². The van der Waals surface area contributed by atoms with Gasteiger partial charge in [-0.25, -0.2) is 0 Å². The number of ether oxygens (including phenoxy) is 3. The highest BCUT2D eigenvalue weighted by Crippen LogP contribution is 2.32. The molecule has 1 atom stereocenters. The highest BCUT2D eigenvalue weighted by molar-refractivity contribution is 6.20. The molecule has 0 spiro atoms. The van der Waals surface area contributed by atoms with Crippen molar-refractivity contribution in [1.29, 1.82) is 0 Å². The zero-order valence-corrected chi connectivity index (χ0v) is 13.1. The van der Waals surface area contributed by atoms with Gasteiger partial charge in [0.2, 0.25) is 0 Å². The van der Waals surface area contributed by atoms with Gasteiger partial charge in [-0.15, -0.1) is 11.6 Å². The molecule has 118 valence electrons. The Balaban J connectivity index is 3.21. The number of esters is 3. The smallest absolute Gasteiger partial charge is 0.321 e. The first-order chi connectivity index (χ1) is 9.97. The van der Waals surface area contributed by atoms with Crippen LogP contribution in [0.2, 0.25) is 0 Å². The van der Waals surface area contributed by atoms with E-state index in [9.17, 15) is 14.4 Å². The Morgan fingerprint density at radius 2 is 1.81 bits per heavy atom. The summed E-state index contributed by atoms with van der Waals surface area (Å²) in [6, 6.07) is 0. The quantitative estimate of drug-likeness (QED) is 0.242. The molecule has 0 aromatic carbocycles. The molecule has 0 saturated carbocycles. The summed E-state index contributed by atoms with van der Waals surface area (Å²) in [6.45, 7) is 5.26. The molecule has 0 aliphatic carbocycles. The summed E-state index contributed by atoms with van der Waals surface area (Å²) in [4.78, 5) is 36.2. The lowest BCUT2D eigenvalue weighted by Crippen LogP contribution is -2.42. The predicted octanol–water partition coefficient (Wildman–Crippen LogP) is 1.46. The minimum absolute atomic E-state index is 0.0287.